The molecule has 2 unspecified atom stereocenters. The summed E-state index contributed by atoms with van der Waals surface area (Å²) in [4.78, 5) is 37.3. The Morgan fingerprint density at radius 3 is 1.61 bits per heavy atom. The Bertz CT molecular complexity index is 873. The number of nitrogens with one attached hydrogen (secondary N) is 2. The lowest BCUT2D eigenvalue weighted by Crippen LogP contribution is -2.30. The van der Waals surface area contributed by atoms with Gasteiger partial charge in [0.05, 0.1) is 12.1 Å². The van der Waals surface area contributed by atoms with Crippen LogP contribution < -0.4 is 10.6 Å². The van der Waals surface area contributed by atoms with E-state index in [9.17, 15) is 9.59 Å². The minimum absolute atomic E-state index is 0.178. The van der Waals surface area contributed by atoms with Gasteiger partial charge in [0, 0.05) is 24.8 Å². The van der Waals surface area contributed by atoms with Gasteiger partial charge in [-0.05, 0) is 49.2 Å². The van der Waals surface area contributed by atoms with Crippen molar-refractivity contribution in [2.75, 3.05) is 0 Å². The van der Waals surface area contributed by atoms with Crippen molar-refractivity contribution in [3.8, 4) is 0 Å². The average molecular weight is 375 g/mol. The molecule has 2 N–H and O–H groups in total. The summed E-state index contributed by atoms with van der Waals surface area (Å²) in [6.07, 6.45) is 6.74. The van der Waals surface area contributed by atoms with Crippen LogP contribution in [0.5, 0.6) is 0 Å². The van der Waals surface area contributed by atoms with Gasteiger partial charge in [-0.2, -0.15) is 0 Å². The minimum Gasteiger partial charge on any atom is -0.344 e. The Morgan fingerprint density at radius 1 is 0.750 bits per heavy atom. The van der Waals surface area contributed by atoms with E-state index in [2.05, 4.69) is 25.6 Å². The Kier molecular flexibility index (Phi) is 6.06. The fourth-order valence-electron chi connectivity index (χ4n) is 2.66. The predicted molar refractivity (Wildman–Crippen MR) is 104 cm³/mol. The number of amides is 2. The molecule has 28 heavy (non-hydrogen) atoms. The molecule has 7 heteroatoms. The zero-order valence-corrected chi connectivity index (χ0v) is 15.7. The fraction of sp³-hybridized carbons (Fsp3) is 0.190. The first-order chi connectivity index (χ1) is 13.5. The molecule has 0 spiro atoms. The highest BCUT2D eigenvalue weighted by Crippen LogP contribution is 2.13. The molecule has 3 aromatic heterocycles. The van der Waals surface area contributed by atoms with E-state index in [1.807, 2.05) is 38.1 Å². The second-order valence-electron chi connectivity index (χ2n) is 6.37. The van der Waals surface area contributed by atoms with Gasteiger partial charge in [-0.1, -0.05) is 18.2 Å². The standard InChI is InChI=1S/C21H21N5O2/c1-14(16-6-4-10-22-12-16)24-20(27)18-8-3-9-19(26-18)21(28)25-15(2)17-7-5-11-23-13-17/h3-15H,1-2H3,(H,24,27)(H,25,28). The van der Waals surface area contributed by atoms with E-state index in [1.165, 1.54) is 0 Å². The van der Waals surface area contributed by atoms with Crippen molar-refractivity contribution >= 4 is 11.8 Å². The third kappa shape index (κ3) is 4.76. The molecule has 0 aliphatic heterocycles. The third-order valence-corrected chi connectivity index (χ3v) is 4.28. The van der Waals surface area contributed by atoms with E-state index in [0.29, 0.717) is 0 Å². The van der Waals surface area contributed by atoms with E-state index in [-0.39, 0.29) is 35.3 Å². The summed E-state index contributed by atoms with van der Waals surface area (Å²) in [6.45, 7) is 3.72. The van der Waals surface area contributed by atoms with Gasteiger partial charge >= 0.3 is 0 Å². The molecular formula is C21H21N5O2. The summed E-state index contributed by atoms with van der Waals surface area (Å²) in [5.74, 6) is -0.711. The van der Waals surface area contributed by atoms with Crippen molar-refractivity contribution in [2.24, 2.45) is 0 Å². The number of nitrogens with zero attached hydrogens (tertiary/aromatic N) is 3. The molecule has 0 radical (unpaired) electrons. The summed E-state index contributed by atoms with van der Waals surface area (Å²) in [5.41, 5.74) is 2.12. The van der Waals surface area contributed by atoms with Gasteiger partial charge in [-0.25, -0.2) is 4.98 Å². The van der Waals surface area contributed by atoms with Crippen molar-refractivity contribution in [2.45, 2.75) is 25.9 Å². The van der Waals surface area contributed by atoms with Gasteiger partial charge in [0.25, 0.3) is 11.8 Å². The van der Waals surface area contributed by atoms with Crippen LogP contribution in [-0.4, -0.2) is 26.8 Å². The summed E-state index contributed by atoms with van der Waals surface area (Å²) in [5, 5.41) is 5.73. The van der Waals surface area contributed by atoms with Crippen molar-refractivity contribution in [1.82, 2.24) is 25.6 Å². The quantitative estimate of drug-likeness (QED) is 0.690. The molecule has 0 aromatic carbocycles. The number of pyridine rings is 3. The Balaban J connectivity index is 1.67. The van der Waals surface area contributed by atoms with Gasteiger partial charge < -0.3 is 10.6 Å². The van der Waals surface area contributed by atoms with Crippen LogP contribution in [-0.2, 0) is 0 Å². The largest absolute Gasteiger partial charge is 0.344 e. The number of hydrogen-bond acceptors (Lipinski definition) is 5. The third-order valence-electron chi connectivity index (χ3n) is 4.28. The van der Waals surface area contributed by atoms with Crippen LogP contribution in [0.3, 0.4) is 0 Å². The van der Waals surface area contributed by atoms with Gasteiger partial charge in [-0.3, -0.25) is 19.6 Å². The number of hydrogen-bond donors (Lipinski definition) is 2. The molecule has 0 aliphatic carbocycles. The van der Waals surface area contributed by atoms with Gasteiger partial charge in [-0.15, -0.1) is 0 Å². The molecule has 0 bridgehead atoms. The van der Waals surface area contributed by atoms with Crippen LogP contribution in [0.1, 0.15) is 58.0 Å². The molecule has 0 saturated carbocycles. The molecule has 3 heterocycles. The van der Waals surface area contributed by atoms with E-state index in [4.69, 9.17) is 0 Å². The lowest BCUT2D eigenvalue weighted by atomic mass is 10.1. The zero-order valence-electron chi connectivity index (χ0n) is 15.7. The minimum atomic E-state index is -0.355. The normalized spacial score (nSPS) is 12.6. The molecule has 142 valence electrons. The molecule has 2 amide bonds. The number of aromatic nitrogens is 3. The molecule has 0 fully saturated rings. The first-order valence-electron chi connectivity index (χ1n) is 8.93. The van der Waals surface area contributed by atoms with Crippen molar-refractivity contribution in [1.29, 1.82) is 0 Å². The van der Waals surface area contributed by atoms with E-state index < -0.39 is 0 Å². The molecular weight excluding hydrogens is 354 g/mol. The lowest BCUT2D eigenvalue weighted by molar-refractivity contribution is 0.0930. The smallest absolute Gasteiger partial charge is 0.270 e. The zero-order chi connectivity index (χ0) is 19.9. The van der Waals surface area contributed by atoms with Crippen LogP contribution in [0, 0.1) is 0 Å². The van der Waals surface area contributed by atoms with Crippen LogP contribution >= 0.6 is 0 Å². The highest BCUT2D eigenvalue weighted by atomic mass is 16.2. The number of carbonyl (C=O) groups is 2. The SMILES string of the molecule is CC(NC(=O)c1cccc(C(=O)NC(C)c2cccnc2)n1)c1cccnc1. The van der Waals surface area contributed by atoms with E-state index in [1.54, 1.807) is 43.0 Å². The maximum absolute atomic E-state index is 12.5. The van der Waals surface area contributed by atoms with Gasteiger partial charge in [0.15, 0.2) is 0 Å². The van der Waals surface area contributed by atoms with Crippen LogP contribution in [0.4, 0.5) is 0 Å². The van der Waals surface area contributed by atoms with Crippen LogP contribution in [0.15, 0.2) is 67.3 Å². The molecule has 0 saturated heterocycles. The van der Waals surface area contributed by atoms with Crippen molar-refractivity contribution in [3.63, 3.8) is 0 Å². The second-order valence-corrected chi connectivity index (χ2v) is 6.37. The lowest BCUT2D eigenvalue weighted by Gasteiger charge is -2.15. The van der Waals surface area contributed by atoms with Gasteiger partial charge in [0.2, 0.25) is 0 Å². The Hall–Kier alpha value is -3.61. The number of carbonyl (C=O) groups excluding carboxylic acids is 2. The predicted octanol–water partition coefficient (Wildman–Crippen LogP) is 2.85. The molecule has 3 aromatic rings. The van der Waals surface area contributed by atoms with Gasteiger partial charge in [0.1, 0.15) is 11.4 Å². The van der Waals surface area contributed by atoms with Crippen molar-refractivity contribution in [3.05, 3.63) is 89.8 Å². The molecule has 3 rings (SSSR count). The summed E-state index contributed by atoms with van der Waals surface area (Å²) in [6, 6.07) is 11.7. The Morgan fingerprint density at radius 2 is 1.21 bits per heavy atom. The average Bonchev–Trinajstić information content (AvgIpc) is 2.75. The second kappa shape index (κ2) is 8.85. The molecule has 0 aliphatic rings. The van der Waals surface area contributed by atoms with Crippen LogP contribution in [0.25, 0.3) is 0 Å². The highest BCUT2D eigenvalue weighted by Gasteiger charge is 2.17. The molecule has 7 nitrogen and oxygen atoms in total. The summed E-state index contributed by atoms with van der Waals surface area (Å²) < 4.78 is 0. The summed E-state index contributed by atoms with van der Waals surface area (Å²) >= 11 is 0. The number of rotatable bonds is 6. The fourth-order valence-corrected chi connectivity index (χ4v) is 2.66. The molecule has 2 atom stereocenters. The van der Waals surface area contributed by atoms with Crippen LogP contribution in [0.2, 0.25) is 0 Å². The summed E-state index contributed by atoms with van der Waals surface area (Å²) in [7, 11) is 0. The maximum atomic E-state index is 12.5. The first-order valence-corrected chi connectivity index (χ1v) is 8.93. The van der Waals surface area contributed by atoms with E-state index in [0.717, 1.165) is 11.1 Å². The van der Waals surface area contributed by atoms with E-state index >= 15 is 0 Å². The van der Waals surface area contributed by atoms with Crippen molar-refractivity contribution < 1.29 is 9.59 Å². The first kappa shape index (κ1) is 19.2. The monoisotopic (exact) mass is 375 g/mol. The highest BCUT2D eigenvalue weighted by molar-refractivity contribution is 5.96. The Labute approximate surface area is 163 Å². The maximum Gasteiger partial charge on any atom is 0.270 e. The topological polar surface area (TPSA) is 96.9 Å².